The van der Waals surface area contributed by atoms with Crippen molar-refractivity contribution in [1.82, 2.24) is 0 Å². The molecule has 1 aliphatic heterocycles. The van der Waals surface area contributed by atoms with Crippen molar-refractivity contribution in [2.45, 2.75) is 33.1 Å². The van der Waals surface area contributed by atoms with E-state index in [1.165, 1.54) is 28.2 Å². The first-order valence-electron chi connectivity index (χ1n) is 9.97. The smallest absolute Gasteiger partial charge is 0.0593 e. The molecule has 0 aromatic heterocycles. The first-order valence-corrected chi connectivity index (χ1v) is 9.97. The van der Waals surface area contributed by atoms with Gasteiger partial charge in [0.2, 0.25) is 0 Å². The van der Waals surface area contributed by atoms with Crippen LogP contribution in [0.2, 0.25) is 0 Å². The fourth-order valence-electron chi connectivity index (χ4n) is 5.86. The van der Waals surface area contributed by atoms with Crippen molar-refractivity contribution in [3.8, 4) is 0 Å². The average Bonchev–Trinajstić information content (AvgIpc) is 2.89. The highest BCUT2D eigenvalue weighted by molar-refractivity contribution is 5.87. The third kappa shape index (κ3) is 1.93. The zero-order valence-corrected chi connectivity index (χ0v) is 17.0. The van der Waals surface area contributed by atoms with Crippen molar-refractivity contribution in [3.63, 3.8) is 0 Å². The summed E-state index contributed by atoms with van der Waals surface area (Å²) >= 11 is 0. The molecule has 1 heterocycles. The maximum Gasteiger partial charge on any atom is 0.0593 e. The monoisotopic (exact) mass is 363 g/mol. The fourth-order valence-corrected chi connectivity index (χ4v) is 5.86. The molecule has 5 rings (SSSR count). The molecule has 28 heavy (non-hydrogen) atoms. The molecule has 1 spiro atoms. The molecule has 0 unspecified atom stereocenters. The Kier molecular flexibility index (Phi) is 3.38. The maximum atomic E-state index is 3.27. The normalized spacial score (nSPS) is 19.8. The van der Waals surface area contributed by atoms with Crippen LogP contribution in [0, 0.1) is 23.0 Å². The van der Waals surface area contributed by atoms with E-state index in [9.17, 15) is 0 Å². The highest BCUT2D eigenvalue weighted by Gasteiger charge is 2.62. The summed E-state index contributed by atoms with van der Waals surface area (Å²) in [5, 5.41) is 0. The van der Waals surface area contributed by atoms with Gasteiger partial charge in [0.25, 0.3) is 0 Å². The van der Waals surface area contributed by atoms with Crippen LogP contribution >= 0.6 is 0 Å². The highest BCUT2D eigenvalue weighted by atomic mass is 15.2. The van der Waals surface area contributed by atoms with Crippen LogP contribution in [0.3, 0.4) is 0 Å². The van der Waals surface area contributed by atoms with Gasteiger partial charge in [-0.1, -0.05) is 88.4 Å². The van der Waals surface area contributed by atoms with Crippen molar-refractivity contribution in [2.24, 2.45) is 10.8 Å². The number of fused-ring (bicyclic) bond motifs is 4. The van der Waals surface area contributed by atoms with E-state index in [0.29, 0.717) is 0 Å². The Bertz CT molecular complexity index is 1000. The summed E-state index contributed by atoms with van der Waals surface area (Å²) in [7, 11) is 0. The topological polar surface area (TPSA) is 3.24 Å². The third-order valence-electron chi connectivity index (χ3n) is 6.84. The second kappa shape index (κ2) is 5.52. The predicted octanol–water partition coefficient (Wildman–Crippen LogP) is 6.98. The quantitative estimate of drug-likeness (QED) is 0.422. The van der Waals surface area contributed by atoms with E-state index in [1.807, 2.05) is 0 Å². The molecule has 0 amide bonds. The summed E-state index contributed by atoms with van der Waals surface area (Å²) in [6.07, 6.45) is 4.81. The van der Waals surface area contributed by atoms with Crippen molar-refractivity contribution in [2.75, 3.05) is 4.90 Å². The van der Waals surface area contributed by atoms with Gasteiger partial charge in [-0.25, -0.2) is 0 Å². The van der Waals surface area contributed by atoms with Gasteiger partial charge < -0.3 is 4.90 Å². The van der Waals surface area contributed by atoms with Gasteiger partial charge in [-0.3, -0.25) is 0 Å². The lowest BCUT2D eigenvalue weighted by atomic mass is 9.50. The summed E-state index contributed by atoms with van der Waals surface area (Å²) in [6, 6.07) is 30.3. The standard InChI is InChI=1S/C27H25N/c1-25(2)18-19-26(3,4)27(25)21-14-8-10-16-23(21)28(20-12-6-5-7-13-20)24-17-11-9-15-22(24)27/h5-8,10,12-19H,1-4H3. The van der Waals surface area contributed by atoms with Gasteiger partial charge >= 0.3 is 0 Å². The van der Waals surface area contributed by atoms with E-state index < -0.39 is 0 Å². The van der Waals surface area contributed by atoms with Crippen molar-refractivity contribution in [1.29, 1.82) is 0 Å². The largest absolute Gasteiger partial charge is 0.309 e. The van der Waals surface area contributed by atoms with Crippen LogP contribution in [-0.4, -0.2) is 0 Å². The number of para-hydroxylation sites is 2. The highest BCUT2D eigenvalue weighted by Crippen LogP contribution is 2.68. The molecule has 0 saturated carbocycles. The molecule has 0 saturated heterocycles. The van der Waals surface area contributed by atoms with Gasteiger partial charge in [0, 0.05) is 17.2 Å². The van der Waals surface area contributed by atoms with Gasteiger partial charge in [0.15, 0.2) is 0 Å². The summed E-state index contributed by atoms with van der Waals surface area (Å²) < 4.78 is 0. The molecule has 1 aliphatic carbocycles. The van der Waals surface area contributed by atoms with Crippen LogP contribution in [0.5, 0.6) is 0 Å². The van der Waals surface area contributed by atoms with Crippen LogP contribution in [0.25, 0.3) is 0 Å². The molecule has 0 N–H and O–H groups in total. The number of rotatable bonds is 1. The van der Waals surface area contributed by atoms with Gasteiger partial charge in [-0.2, -0.15) is 0 Å². The van der Waals surface area contributed by atoms with E-state index in [1.54, 1.807) is 0 Å². The Morgan fingerprint density at radius 2 is 1.25 bits per heavy atom. The first-order chi connectivity index (χ1) is 13.4. The molecule has 0 atom stereocenters. The Balaban J connectivity index is 1.92. The van der Waals surface area contributed by atoms with Gasteiger partial charge in [0.1, 0.15) is 0 Å². The van der Waals surface area contributed by atoms with Crippen molar-refractivity contribution >= 4 is 17.1 Å². The molecule has 1 nitrogen and oxygen atoms in total. The minimum Gasteiger partial charge on any atom is -0.309 e. The second-order valence-electron chi connectivity index (χ2n) is 9.09. The fraction of sp³-hybridized carbons (Fsp3) is 0.259. The second-order valence-corrected chi connectivity index (χ2v) is 9.09. The molecule has 3 aromatic carbocycles. The lowest BCUT2D eigenvalue weighted by Gasteiger charge is -2.55. The number of allylic oxidation sites excluding steroid dienone is 2. The van der Waals surface area contributed by atoms with Crippen LogP contribution in [0.15, 0.2) is 78.9 Å². The summed E-state index contributed by atoms with van der Waals surface area (Å²) in [4.78, 5) is 2.38. The molecule has 0 radical (unpaired) electrons. The van der Waals surface area contributed by atoms with Crippen LogP contribution < -0.4 is 4.90 Å². The zero-order chi connectivity index (χ0) is 19.6. The molecule has 138 valence electrons. The minimum absolute atomic E-state index is 0.0284. The zero-order valence-electron chi connectivity index (χ0n) is 17.0. The molecule has 1 heteroatoms. The average molecular weight is 364 g/mol. The lowest BCUT2D eigenvalue weighted by Crippen LogP contribution is -2.51. The van der Waals surface area contributed by atoms with E-state index in [4.69, 9.17) is 0 Å². The number of benzene rings is 2. The van der Waals surface area contributed by atoms with E-state index in [2.05, 4.69) is 124 Å². The number of nitrogens with zero attached hydrogens (tertiary/aromatic N) is 1. The predicted molar refractivity (Wildman–Crippen MR) is 116 cm³/mol. The molecule has 2 aliphatic rings. The Morgan fingerprint density at radius 1 is 0.643 bits per heavy atom. The Labute approximate surface area is 168 Å². The Hall–Kier alpha value is -2.98. The van der Waals surface area contributed by atoms with E-state index >= 15 is 0 Å². The number of anilines is 3. The Morgan fingerprint density at radius 3 is 1.96 bits per heavy atom. The van der Waals surface area contributed by atoms with Crippen LogP contribution in [0.4, 0.5) is 17.1 Å². The molecule has 0 bridgehead atoms. The van der Waals surface area contributed by atoms with Gasteiger partial charge in [0.05, 0.1) is 11.4 Å². The maximum absolute atomic E-state index is 3.27. The van der Waals surface area contributed by atoms with E-state index in [-0.39, 0.29) is 16.2 Å². The van der Waals surface area contributed by atoms with Crippen molar-refractivity contribution in [3.05, 3.63) is 102 Å². The van der Waals surface area contributed by atoms with Crippen LogP contribution in [-0.2, 0) is 5.41 Å². The van der Waals surface area contributed by atoms with Gasteiger partial charge in [-0.05, 0) is 46.2 Å². The molecular formula is C27H25N. The minimum atomic E-state index is -0.164. The number of hydrogen-bond acceptors (Lipinski definition) is 1. The third-order valence-corrected chi connectivity index (χ3v) is 6.84. The summed E-state index contributed by atoms with van der Waals surface area (Å²) in [6.45, 7) is 9.48. The summed E-state index contributed by atoms with van der Waals surface area (Å²) in [5.74, 6) is 0. The first kappa shape index (κ1) is 17.1. The summed E-state index contributed by atoms with van der Waals surface area (Å²) in [5.41, 5.74) is 6.12. The lowest BCUT2D eigenvalue weighted by molar-refractivity contribution is 0.167. The molecule has 3 aromatic rings. The van der Waals surface area contributed by atoms with Crippen LogP contribution in [0.1, 0.15) is 38.8 Å². The van der Waals surface area contributed by atoms with Gasteiger partial charge in [-0.15, -0.1) is 0 Å². The molecule has 0 fully saturated rings. The van der Waals surface area contributed by atoms with Crippen molar-refractivity contribution < 1.29 is 0 Å². The number of hydrogen-bond donors (Lipinski definition) is 0. The molecular weight excluding hydrogens is 338 g/mol. The van der Waals surface area contributed by atoms with E-state index in [0.717, 1.165) is 0 Å². The SMILES string of the molecule is CC1(C)C=CC(C)(C)C12c1cc#ccc1N(c1ccccc1)c1ccccc12.